The van der Waals surface area contributed by atoms with Crippen molar-refractivity contribution in [2.75, 3.05) is 13.7 Å². The van der Waals surface area contributed by atoms with Crippen LogP contribution in [0.4, 0.5) is 0 Å². The lowest BCUT2D eigenvalue weighted by Gasteiger charge is -2.23. The highest BCUT2D eigenvalue weighted by molar-refractivity contribution is 5.88. The average Bonchev–Trinajstić information content (AvgIpc) is 3.24. The number of fused-ring (bicyclic) bond motifs is 1. The van der Waals surface area contributed by atoms with Crippen molar-refractivity contribution < 1.29 is 14.3 Å². The average molecular weight is 424 g/mol. The zero-order chi connectivity index (χ0) is 21.8. The van der Waals surface area contributed by atoms with Crippen LogP contribution in [0.1, 0.15) is 73.8 Å². The van der Waals surface area contributed by atoms with Crippen molar-refractivity contribution in [3.05, 3.63) is 51.9 Å². The fourth-order valence-corrected chi connectivity index (χ4v) is 4.30. The molecule has 164 valence electrons. The number of H-pyrrole nitrogens is 1. The molecule has 0 bridgehead atoms. The third-order valence-corrected chi connectivity index (χ3v) is 5.97. The predicted molar refractivity (Wildman–Crippen MR) is 119 cm³/mol. The molecule has 0 unspecified atom stereocenters. The number of hydrogen-bond donors (Lipinski definition) is 1. The van der Waals surface area contributed by atoms with Crippen LogP contribution in [0.15, 0.2) is 35.1 Å². The quantitative estimate of drug-likeness (QED) is 0.440. The number of carbonyl (C=O) groups excluding carboxylic acids is 1. The molecule has 4 rings (SSSR count). The van der Waals surface area contributed by atoms with Gasteiger partial charge in [-0.2, -0.15) is 9.61 Å². The van der Waals surface area contributed by atoms with Crippen LogP contribution in [0.3, 0.4) is 0 Å². The van der Waals surface area contributed by atoms with Crippen molar-refractivity contribution in [2.24, 2.45) is 0 Å². The Morgan fingerprint density at radius 1 is 1.19 bits per heavy atom. The SMILES string of the molecule is CCCCOc1ccc(-c2[nH]c3cc(C(=O)OC)nn3c(=O)c2C2CCCCC2)cc1. The Hall–Kier alpha value is -3.09. The summed E-state index contributed by atoms with van der Waals surface area (Å²) in [6.07, 6.45) is 7.47. The maximum absolute atomic E-state index is 13.5. The Morgan fingerprint density at radius 2 is 1.94 bits per heavy atom. The lowest BCUT2D eigenvalue weighted by atomic mass is 9.83. The molecular formula is C24H29N3O4. The van der Waals surface area contributed by atoms with E-state index in [0.717, 1.165) is 61.1 Å². The van der Waals surface area contributed by atoms with E-state index in [-0.39, 0.29) is 17.2 Å². The number of hydrogen-bond acceptors (Lipinski definition) is 5. The molecule has 2 heterocycles. The highest BCUT2D eigenvalue weighted by atomic mass is 16.5. The zero-order valence-corrected chi connectivity index (χ0v) is 18.1. The molecule has 0 saturated heterocycles. The number of esters is 1. The smallest absolute Gasteiger partial charge is 0.358 e. The maximum Gasteiger partial charge on any atom is 0.358 e. The molecule has 2 aromatic heterocycles. The van der Waals surface area contributed by atoms with E-state index in [1.54, 1.807) is 6.07 Å². The third kappa shape index (κ3) is 4.36. The zero-order valence-electron chi connectivity index (χ0n) is 18.1. The minimum atomic E-state index is -0.564. The summed E-state index contributed by atoms with van der Waals surface area (Å²) in [6.45, 7) is 2.83. The number of nitrogens with zero attached hydrogens (tertiary/aromatic N) is 2. The molecule has 0 aliphatic heterocycles. The van der Waals surface area contributed by atoms with E-state index in [0.29, 0.717) is 12.3 Å². The minimum absolute atomic E-state index is 0.113. The van der Waals surface area contributed by atoms with Crippen LogP contribution >= 0.6 is 0 Å². The van der Waals surface area contributed by atoms with E-state index >= 15 is 0 Å². The summed E-state index contributed by atoms with van der Waals surface area (Å²) in [5, 5.41) is 4.21. The number of ether oxygens (including phenoxy) is 2. The van der Waals surface area contributed by atoms with Crippen LogP contribution in [0, 0.1) is 0 Å². The number of nitrogens with one attached hydrogen (secondary N) is 1. The Bertz CT molecular complexity index is 1110. The van der Waals surface area contributed by atoms with Crippen molar-refractivity contribution in [3.63, 3.8) is 0 Å². The molecule has 1 N–H and O–H groups in total. The van der Waals surface area contributed by atoms with Gasteiger partial charge in [-0.3, -0.25) is 4.79 Å². The number of rotatable bonds is 7. The van der Waals surface area contributed by atoms with Gasteiger partial charge in [-0.25, -0.2) is 4.79 Å². The summed E-state index contributed by atoms with van der Waals surface area (Å²) in [5.74, 6) is 0.422. The van der Waals surface area contributed by atoms with Gasteiger partial charge in [0.25, 0.3) is 5.56 Å². The van der Waals surface area contributed by atoms with Gasteiger partial charge in [-0.05, 0) is 55.0 Å². The van der Waals surface area contributed by atoms with E-state index in [4.69, 9.17) is 9.47 Å². The van der Waals surface area contributed by atoms with Crippen LogP contribution in [-0.2, 0) is 4.74 Å². The first kappa shape index (κ1) is 21.2. The molecule has 0 radical (unpaired) electrons. The second kappa shape index (κ2) is 9.37. The van der Waals surface area contributed by atoms with Gasteiger partial charge in [0.1, 0.15) is 11.4 Å². The summed E-state index contributed by atoms with van der Waals surface area (Å²) in [5.41, 5.74) is 2.87. The van der Waals surface area contributed by atoms with Crippen molar-refractivity contribution in [3.8, 4) is 17.0 Å². The van der Waals surface area contributed by atoms with Gasteiger partial charge >= 0.3 is 5.97 Å². The number of methoxy groups -OCH3 is 1. The fourth-order valence-electron chi connectivity index (χ4n) is 4.30. The van der Waals surface area contributed by atoms with Gasteiger partial charge in [-0.15, -0.1) is 0 Å². The van der Waals surface area contributed by atoms with Gasteiger partial charge < -0.3 is 14.5 Å². The molecule has 0 spiro atoms. The second-order valence-corrected chi connectivity index (χ2v) is 8.10. The number of aromatic nitrogens is 3. The van der Waals surface area contributed by atoms with E-state index in [9.17, 15) is 9.59 Å². The highest BCUT2D eigenvalue weighted by Crippen LogP contribution is 2.36. The van der Waals surface area contributed by atoms with Crippen LogP contribution in [0.5, 0.6) is 5.75 Å². The number of benzene rings is 1. The molecule has 1 aliphatic rings. The standard InChI is InChI=1S/C24H29N3O4/c1-3-4-14-31-18-12-10-17(11-13-18)22-21(16-8-6-5-7-9-16)23(28)27-20(25-22)15-19(26-27)24(29)30-2/h10-13,15-16,25H,3-9,14H2,1-2H3. The van der Waals surface area contributed by atoms with Gasteiger partial charge in [0, 0.05) is 11.6 Å². The van der Waals surface area contributed by atoms with Gasteiger partial charge in [-0.1, -0.05) is 32.6 Å². The van der Waals surface area contributed by atoms with Crippen LogP contribution in [-0.4, -0.2) is 34.3 Å². The van der Waals surface area contributed by atoms with Crippen LogP contribution in [0.2, 0.25) is 0 Å². The largest absolute Gasteiger partial charge is 0.494 e. The molecule has 31 heavy (non-hydrogen) atoms. The van der Waals surface area contributed by atoms with E-state index in [2.05, 4.69) is 17.0 Å². The molecule has 1 aromatic carbocycles. The second-order valence-electron chi connectivity index (χ2n) is 8.10. The third-order valence-electron chi connectivity index (χ3n) is 5.97. The monoisotopic (exact) mass is 423 g/mol. The van der Waals surface area contributed by atoms with Crippen LogP contribution < -0.4 is 10.3 Å². The highest BCUT2D eigenvalue weighted by Gasteiger charge is 2.25. The van der Waals surface area contributed by atoms with Crippen molar-refractivity contribution >= 4 is 11.6 Å². The van der Waals surface area contributed by atoms with Gasteiger partial charge in [0.05, 0.1) is 19.4 Å². The normalized spacial score (nSPS) is 14.6. The molecule has 3 aromatic rings. The number of unbranched alkanes of at least 4 members (excludes halogenated alkanes) is 1. The first-order valence-electron chi connectivity index (χ1n) is 11.1. The topological polar surface area (TPSA) is 85.7 Å². The van der Waals surface area contributed by atoms with E-state index in [1.807, 2.05) is 24.3 Å². The van der Waals surface area contributed by atoms with Crippen molar-refractivity contribution in [1.29, 1.82) is 0 Å². The minimum Gasteiger partial charge on any atom is -0.494 e. The summed E-state index contributed by atoms with van der Waals surface area (Å²) in [6, 6.07) is 9.40. The van der Waals surface area contributed by atoms with E-state index < -0.39 is 5.97 Å². The Kier molecular flexibility index (Phi) is 6.39. The first-order valence-corrected chi connectivity index (χ1v) is 11.1. The molecule has 1 fully saturated rings. The predicted octanol–water partition coefficient (Wildman–Crippen LogP) is 4.70. The molecule has 0 atom stereocenters. The summed E-state index contributed by atoms with van der Waals surface area (Å²) < 4.78 is 11.9. The summed E-state index contributed by atoms with van der Waals surface area (Å²) in [4.78, 5) is 28.8. The summed E-state index contributed by atoms with van der Waals surface area (Å²) in [7, 11) is 1.30. The Labute approximate surface area is 181 Å². The van der Waals surface area contributed by atoms with E-state index in [1.165, 1.54) is 18.0 Å². The molecule has 7 nitrogen and oxygen atoms in total. The Morgan fingerprint density at radius 3 is 2.61 bits per heavy atom. The number of carbonyl (C=O) groups is 1. The molecule has 1 aliphatic carbocycles. The van der Waals surface area contributed by atoms with Crippen molar-refractivity contribution in [1.82, 2.24) is 14.6 Å². The van der Waals surface area contributed by atoms with Crippen LogP contribution in [0.25, 0.3) is 16.9 Å². The molecule has 1 saturated carbocycles. The molecular weight excluding hydrogens is 394 g/mol. The Balaban J connectivity index is 1.80. The lowest BCUT2D eigenvalue weighted by molar-refractivity contribution is 0.0593. The first-order chi connectivity index (χ1) is 15.1. The maximum atomic E-state index is 13.5. The summed E-state index contributed by atoms with van der Waals surface area (Å²) >= 11 is 0. The van der Waals surface area contributed by atoms with Crippen molar-refractivity contribution in [2.45, 2.75) is 57.8 Å². The lowest BCUT2D eigenvalue weighted by Crippen LogP contribution is -2.25. The fraction of sp³-hybridized carbons (Fsp3) is 0.458. The number of aromatic amines is 1. The molecule has 0 amide bonds. The molecule has 7 heteroatoms. The van der Waals surface area contributed by atoms with Gasteiger partial charge in [0.2, 0.25) is 0 Å². The van der Waals surface area contributed by atoms with Gasteiger partial charge in [0.15, 0.2) is 5.69 Å².